The molecular formula is C17H21N3OS. The van der Waals surface area contributed by atoms with Gasteiger partial charge in [-0.25, -0.2) is 4.98 Å². The van der Waals surface area contributed by atoms with E-state index in [1.807, 2.05) is 0 Å². The molecule has 0 spiro atoms. The van der Waals surface area contributed by atoms with Gasteiger partial charge in [0.25, 0.3) is 0 Å². The smallest absolute Gasteiger partial charge is 0.183 e. The molecule has 0 aliphatic carbocycles. The molecule has 0 amide bonds. The number of nitrogens with zero attached hydrogens (tertiary/aromatic N) is 1. The molecule has 0 saturated heterocycles. The van der Waals surface area contributed by atoms with Gasteiger partial charge in [0.2, 0.25) is 0 Å². The molecule has 5 heteroatoms. The van der Waals surface area contributed by atoms with Crippen LogP contribution in [0, 0.1) is 0 Å². The SMILES string of the molecule is CCc1cccc2c(-c3csc(N[C@@H](C)COC)n3)c[nH]c12. The van der Waals surface area contributed by atoms with Crippen molar-refractivity contribution >= 4 is 27.4 Å². The van der Waals surface area contributed by atoms with Crippen LogP contribution in [-0.4, -0.2) is 29.7 Å². The van der Waals surface area contributed by atoms with E-state index < -0.39 is 0 Å². The highest BCUT2D eigenvalue weighted by atomic mass is 32.1. The van der Waals surface area contributed by atoms with E-state index in [4.69, 9.17) is 9.72 Å². The number of benzene rings is 1. The Morgan fingerprint density at radius 3 is 3.05 bits per heavy atom. The number of aromatic amines is 1. The number of H-pyrrole nitrogens is 1. The Morgan fingerprint density at radius 2 is 2.27 bits per heavy atom. The number of fused-ring (bicyclic) bond motifs is 1. The zero-order valence-electron chi connectivity index (χ0n) is 13.1. The van der Waals surface area contributed by atoms with Gasteiger partial charge in [0.15, 0.2) is 5.13 Å². The van der Waals surface area contributed by atoms with Gasteiger partial charge in [-0.05, 0) is 18.9 Å². The molecule has 0 radical (unpaired) electrons. The van der Waals surface area contributed by atoms with Crippen LogP contribution in [0.3, 0.4) is 0 Å². The van der Waals surface area contributed by atoms with Gasteiger partial charge in [-0.2, -0.15) is 0 Å². The van der Waals surface area contributed by atoms with E-state index in [1.54, 1.807) is 18.4 Å². The zero-order chi connectivity index (χ0) is 15.5. The summed E-state index contributed by atoms with van der Waals surface area (Å²) >= 11 is 1.63. The molecule has 2 N–H and O–H groups in total. The van der Waals surface area contributed by atoms with Gasteiger partial charge in [-0.1, -0.05) is 25.1 Å². The Kier molecular flexibility index (Phi) is 4.45. The standard InChI is InChI=1S/C17H21N3OS/c1-4-12-6-5-7-13-14(8-18-16(12)13)15-10-22-17(20-15)19-11(2)9-21-3/h5-8,10-11,18H,4,9H2,1-3H3,(H,19,20)/t11-/m0/s1. The molecule has 1 atom stereocenters. The number of ether oxygens (including phenoxy) is 1. The average molecular weight is 315 g/mol. The van der Waals surface area contributed by atoms with Crippen molar-refractivity contribution in [2.24, 2.45) is 0 Å². The highest BCUT2D eigenvalue weighted by molar-refractivity contribution is 7.14. The molecule has 2 aromatic heterocycles. The first-order chi connectivity index (χ1) is 10.7. The van der Waals surface area contributed by atoms with Crippen molar-refractivity contribution in [3.8, 4) is 11.3 Å². The molecular weight excluding hydrogens is 294 g/mol. The maximum absolute atomic E-state index is 5.15. The van der Waals surface area contributed by atoms with Gasteiger partial charge in [-0.3, -0.25) is 0 Å². The van der Waals surface area contributed by atoms with Gasteiger partial charge in [0.1, 0.15) is 0 Å². The van der Waals surface area contributed by atoms with Crippen LogP contribution < -0.4 is 5.32 Å². The molecule has 0 aliphatic heterocycles. The number of para-hydroxylation sites is 1. The lowest BCUT2D eigenvalue weighted by Crippen LogP contribution is -2.20. The van der Waals surface area contributed by atoms with Crippen molar-refractivity contribution < 1.29 is 4.74 Å². The number of hydrogen-bond acceptors (Lipinski definition) is 4. The minimum Gasteiger partial charge on any atom is -0.383 e. The zero-order valence-corrected chi connectivity index (χ0v) is 14.0. The van der Waals surface area contributed by atoms with Gasteiger partial charge in [0, 0.05) is 41.2 Å². The van der Waals surface area contributed by atoms with E-state index in [2.05, 4.69) is 53.9 Å². The molecule has 0 bridgehead atoms. The minimum absolute atomic E-state index is 0.249. The Hall–Kier alpha value is -1.85. The Balaban J connectivity index is 1.90. The Morgan fingerprint density at radius 1 is 1.41 bits per heavy atom. The van der Waals surface area contributed by atoms with E-state index in [0.29, 0.717) is 6.61 Å². The first kappa shape index (κ1) is 15.1. The maximum Gasteiger partial charge on any atom is 0.183 e. The molecule has 0 unspecified atom stereocenters. The topological polar surface area (TPSA) is 49.9 Å². The first-order valence-electron chi connectivity index (χ1n) is 7.53. The predicted molar refractivity (Wildman–Crippen MR) is 93.7 cm³/mol. The summed E-state index contributed by atoms with van der Waals surface area (Å²) in [4.78, 5) is 8.11. The highest BCUT2D eigenvalue weighted by Crippen LogP contribution is 2.32. The summed E-state index contributed by atoms with van der Waals surface area (Å²) in [5.41, 5.74) is 4.73. The molecule has 3 rings (SSSR count). The minimum atomic E-state index is 0.249. The first-order valence-corrected chi connectivity index (χ1v) is 8.41. The lowest BCUT2D eigenvalue weighted by Gasteiger charge is -2.10. The second-order valence-electron chi connectivity index (χ2n) is 5.43. The summed E-state index contributed by atoms with van der Waals surface area (Å²) in [6.45, 7) is 4.93. The van der Waals surface area contributed by atoms with Crippen LogP contribution in [0.25, 0.3) is 22.2 Å². The molecule has 0 saturated carbocycles. The van der Waals surface area contributed by atoms with Crippen LogP contribution in [0.2, 0.25) is 0 Å². The summed E-state index contributed by atoms with van der Waals surface area (Å²) in [7, 11) is 1.71. The van der Waals surface area contributed by atoms with Crippen LogP contribution in [-0.2, 0) is 11.2 Å². The van der Waals surface area contributed by atoms with Gasteiger partial charge >= 0.3 is 0 Å². The van der Waals surface area contributed by atoms with Crippen LogP contribution in [0.5, 0.6) is 0 Å². The number of thiazole rings is 1. The van der Waals surface area contributed by atoms with E-state index in [9.17, 15) is 0 Å². The number of aryl methyl sites for hydroxylation is 1. The van der Waals surface area contributed by atoms with Crippen molar-refractivity contribution in [3.05, 3.63) is 35.3 Å². The van der Waals surface area contributed by atoms with Gasteiger partial charge in [-0.15, -0.1) is 11.3 Å². The molecule has 0 fully saturated rings. The summed E-state index contributed by atoms with van der Waals surface area (Å²) in [5, 5.41) is 7.64. The van der Waals surface area contributed by atoms with Crippen LogP contribution in [0.1, 0.15) is 19.4 Å². The number of aromatic nitrogens is 2. The third kappa shape index (κ3) is 2.87. The molecule has 0 aliphatic rings. The maximum atomic E-state index is 5.15. The number of anilines is 1. The van der Waals surface area contributed by atoms with Crippen molar-refractivity contribution in [2.45, 2.75) is 26.3 Å². The molecule has 2 heterocycles. The summed E-state index contributed by atoms with van der Waals surface area (Å²) in [6.07, 6.45) is 3.08. The lowest BCUT2D eigenvalue weighted by molar-refractivity contribution is 0.190. The number of rotatable bonds is 6. The number of hydrogen-bond donors (Lipinski definition) is 2. The van der Waals surface area contributed by atoms with Crippen molar-refractivity contribution in [2.75, 3.05) is 19.0 Å². The summed E-state index contributed by atoms with van der Waals surface area (Å²) < 4.78 is 5.15. The average Bonchev–Trinajstić information content (AvgIpc) is 3.13. The second-order valence-corrected chi connectivity index (χ2v) is 6.29. The van der Waals surface area contributed by atoms with E-state index in [-0.39, 0.29) is 6.04 Å². The second kappa shape index (κ2) is 6.50. The predicted octanol–water partition coefficient (Wildman–Crippen LogP) is 4.30. The summed E-state index contributed by atoms with van der Waals surface area (Å²) in [6, 6.07) is 6.69. The quantitative estimate of drug-likeness (QED) is 0.713. The van der Waals surface area contributed by atoms with Crippen LogP contribution >= 0.6 is 11.3 Å². The monoisotopic (exact) mass is 315 g/mol. The molecule has 116 valence electrons. The van der Waals surface area contributed by atoms with E-state index in [1.165, 1.54) is 16.5 Å². The van der Waals surface area contributed by atoms with Crippen LogP contribution in [0.4, 0.5) is 5.13 Å². The fourth-order valence-corrected chi connectivity index (χ4v) is 3.51. The number of nitrogens with one attached hydrogen (secondary N) is 2. The normalized spacial score (nSPS) is 12.7. The fourth-order valence-electron chi connectivity index (χ4n) is 2.69. The van der Waals surface area contributed by atoms with E-state index >= 15 is 0 Å². The van der Waals surface area contributed by atoms with Crippen molar-refractivity contribution in [1.82, 2.24) is 9.97 Å². The highest BCUT2D eigenvalue weighted by Gasteiger charge is 2.12. The Bertz CT molecular complexity index is 762. The third-order valence-corrected chi connectivity index (χ3v) is 4.52. The van der Waals surface area contributed by atoms with Crippen molar-refractivity contribution in [3.63, 3.8) is 0 Å². The fraction of sp³-hybridized carbons (Fsp3) is 0.353. The Labute approximate surface area is 134 Å². The van der Waals surface area contributed by atoms with Crippen LogP contribution in [0.15, 0.2) is 29.8 Å². The largest absolute Gasteiger partial charge is 0.383 e. The van der Waals surface area contributed by atoms with Gasteiger partial charge < -0.3 is 15.0 Å². The third-order valence-electron chi connectivity index (χ3n) is 3.75. The number of methoxy groups -OCH3 is 1. The molecule has 22 heavy (non-hydrogen) atoms. The molecule has 1 aromatic carbocycles. The summed E-state index contributed by atoms with van der Waals surface area (Å²) in [5.74, 6) is 0. The molecule has 3 aromatic rings. The van der Waals surface area contributed by atoms with E-state index in [0.717, 1.165) is 22.8 Å². The van der Waals surface area contributed by atoms with Crippen molar-refractivity contribution in [1.29, 1.82) is 0 Å². The lowest BCUT2D eigenvalue weighted by atomic mass is 10.1. The van der Waals surface area contributed by atoms with Gasteiger partial charge in [0.05, 0.1) is 12.3 Å². The molecule has 4 nitrogen and oxygen atoms in total.